The molecule has 1 heterocycles. The van der Waals surface area contributed by atoms with Crippen LogP contribution in [-0.2, 0) is 4.79 Å². The number of aromatic hydroxyl groups is 1. The summed E-state index contributed by atoms with van der Waals surface area (Å²) in [5.41, 5.74) is 0.475. The molecule has 0 aliphatic carbocycles. The Bertz CT molecular complexity index is 695. The van der Waals surface area contributed by atoms with Gasteiger partial charge in [-0.15, -0.1) is 0 Å². The van der Waals surface area contributed by atoms with E-state index in [0.29, 0.717) is 12.1 Å². The maximum absolute atomic E-state index is 12.2. The summed E-state index contributed by atoms with van der Waals surface area (Å²) in [5.74, 6) is -2.04. The second-order valence-electron chi connectivity index (χ2n) is 5.64. The minimum atomic E-state index is -1.12. The van der Waals surface area contributed by atoms with Crippen molar-refractivity contribution in [2.75, 3.05) is 0 Å². The second kappa shape index (κ2) is 6.95. The molecule has 2 aromatic rings. The van der Waals surface area contributed by atoms with Crippen LogP contribution in [0.25, 0.3) is 5.69 Å². The van der Waals surface area contributed by atoms with Gasteiger partial charge in [-0.1, -0.05) is 32.0 Å². The highest BCUT2D eigenvalue weighted by Gasteiger charge is 2.25. The van der Waals surface area contributed by atoms with Crippen LogP contribution in [-0.4, -0.2) is 37.9 Å². The van der Waals surface area contributed by atoms with Gasteiger partial charge in [0.1, 0.15) is 6.04 Å². The van der Waals surface area contributed by atoms with E-state index in [1.165, 1.54) is 10.9 Å². The first-order valence-electron chi connectivity index (χ1n) is 7.26. The number of para-hydroxylation sites is 1. The molecule has 7 heteroatoms. The molecule has 0 spiro atoms. The van der Waals surface area contributed by atoms with Gasteiger partial charge in [-0.05, 0) is 24.5 Å². The lowest BCUT2D eigenvalue weighted by atomic mass is 10.0. The van der Waals surface area contributed by atoms with E-state index in [1.807, 2.05) is 19.9 Å². The highest BCUT2D eigenvalue weighted by atomic mass is 16.4. The first kappa shape index (κ1) is 16.5. The fourth-order valence-corrected chi connectivity index (χ4v) is 2.16. The van der Waals surface area contributed by atoms with Crippen molar-refractivity contribution in [2.45, 2.75) is 26.3 Å². The van der Waals surface area contributed by atoms with Gasteiger partial charge in [-0.25, -0.2) is 9.48 Å². The van der Waals surface area contributed by atoms with Crippen molar-refractivity contribution < 1.29 is 19.8 Å². The van der Waals surface area contributed by atoms with Crippen LogP contribution >= 0.6 is 0 Å². The Balaban J connectivity index is 2.19. The van der Waals surface area contributed by atoms with Gasteiger partial charge in [0.25, 0.3) is 5.91 Å². The maximum Gasteiger partial charge on any atom is 0.326 e. The Morgan fingerprint density at radius 2 is 1.91 bits per heavy atom. The summed E-state index contributed by atoms with van der Waals surface area (Å²) in [6, 6.07) is 7.96. The van der Waals surface area contributed by atoms with Gasteiger partial charge in [-0.3, -0.25) is 4.79 Å². The van der Waals surface area contributed by atoms with E-state index in [-0.39, 0.29) is 17.4 Å². The van der Waals surface area contributed by atoms with Crippen LogP contribution in [0.2, 0.25) is 0 Å². The van der Waals surface area contributed by atoms with Crippen molar-refractivity contribution >= 4 is 11.9 Å². The molecule has 0 saturated heterocycles. The summed E-state index contributed by atoms with van der Waals surface area (Å²) in [6.07, 6.45) is 1.60. The molecule has 23 heavy (non-hydrogen) atoms. The average Bonchev–Trinajstić information content (AvgIpc) is 2.89. The van der Waals surface area contributed by atoms with Crippen LogP contribution in [0, 0.1) is 5.92 Å². The number of benzene rings is 1. The molecular formula is C16H19N3O4. The van der Waals surface area contributed by atoms with Gasteiger partial charge < -0.3 is 15.5 Å². The number of rotatable bonds is 6. The van der Waals surface area contributed by atoms with Crippen molar-refractivity contribution in [3.05, 3.63) is 42.2 Å². The van der Waals surface area contributed by atoms with E-state index >= 15 is 0 Å². The molecule has 7 nitrogen and oxygen atoms in total. The molecule has 0 radical (unpaired) electrons. The van der Waals surface area contributed by atoms with Gasteiger partial charge in [0.05, 0.1) is 11.9 Å². The summed E-state index contributed by atoms with van der Waals surface area (Å²) in [5, 5.41) is 25.5. The topological polar surface area (TPSA) is 104 Å². The molecule has 1 atom stereocenters. The molecule has 122 valence electrons. The zero-order chi connectivity index (χ0) is 17.0. The molecule has 0 aliphatic rings. The third-order valence-corrected chi connectivity index (χ3v) is 3.24. The Morgan fingerprint density at radius 3 is 2.48 bits per heavy atom. The number of carboxylic acid groups (broad SMARTS) is 1. The van der Waals surface area contributed by atoms with E-state index in [1.54, 1.807) is 24.3 Å². The molecule has 0 fully saturated rings. The van der Waals surface area contributed by atoms with Crippen LogP contribution in [0.4, 0.5) is 0 Å². The molecule has 1 aromatic carbocycles. The zero-order valence-corrected chi connectivity index (χ0v) is 12.9. The zero-order valence-electron chi connectivity index (χ0n) is 12.9. The minimum Gasteiger partial charge on any atom is -0.504 e. The third kappa shape index (κ3) is 4.09. The van der Waals surface area contributed by atoms with Crippen LogP contribution in [0.3, 0.4) is 0 Å². The molecule has 3 N–H and O–H groups in total. The highest BCUT2D eigenvalue weighted by Crippen LogP contribution is 2.18. The van der Waals surface area contributed by atoms with Crippen LogP contribution in [0.1, 0.15) is 30.8 Å². The van der Waals surface area contributed by atoms with Crippen molar-refractivity contribution in [1.29, 1.82) is 0 Å². The number of carbonyl (C=O) groups is 2. The lowest BCUT2D eigenvalue weighted by Crippen LogP contribution is -2.41. The quantitative estimate of drug-likeness (QED) is 0.753. The largest absolute Gasteiger partial charge is 0.504 e. The Morgan fingerprint density at radius 1 is 1.26 bits per heavy atom. The van der Waals surface area contributed by atoms with E-state index in [9.17, 15) is 14.7 Å². The first-order chi connectivity index (χ1) is 10.9. The molecule has 1 aromatic heterocycles. The number of nitrogens with one attached hydrogen (secondary N) is 1. The molecule has 0 saturated carbocycles. The molecule has 0 bridgehead atoms. The molecule has 1 amide bonds. The fourth-order valence-electron chi connectivity index (χ4n) is 2.16. The van der Waals surface area contributed by atoms with Crippen molar-refractivity contribution in [1.82, 2.24) is 15.1 Å². The summed E-state index contributed by atoms with van der Waals surface area (Å²) >= 11 is 0. The van der Waals surface area contributed by atoms with Gasteiger partial charge in [0.2, 0.25) is 0 Å². The van der Waals surface area contributed by atoms with E-state index in [4.69, 9.17) is 5.11 Å². The SMILES string of the molecule is CC(C)C[C@H](NC(=O)c1nn(-c2ccccc2)cc1O)C(=O)O. The molecule has 2 rings (SSSR count). The summed E-state index contributed by atoms with van der Waals surface area (Å²) in [7, 11) is 0. The average molecular weight is 317 g/mol. The first-order valence-corrected chi connectivity index (χ1v) is 7.26. The predicted octanol–water partition coefficient (Wildman–Crippen LogP) is 1.81. The molecule has 0 unspecified atom stereocenters. The number of aromatic nitrogens is 2. The van der Waals surface area contributed by atoms with Gasteiger partial charge >= 0.3 is 5.97 Å². The number of carboxylic acids is 1. The Kier molecular flexibility index (Phi) is 5.00. The van der Waals surface area contributed by atoms with E-state index in [0.717, 1.165) is 0 Å². The number of nitrogens with zero attached hydrogens (tertiary/aromatic N) is 2. The minimum absolute atomic E-state index is 0.104. The number of hydrogen-bond donors (Lipinski definition) is 3. The standard InChI is InChI=1S/C16H19N3O4/c1-10(2)8-12(16(22)23)17-15(21)14-13(20)9-19(18-14)11-6-4-3-5-7-11/h3-7,9-10,12,20H,8H2,1-2H3,(H,17,21)(H,22,23)/t12-/m0/s1. The lowest BCUT2D eigenvalue weighted by molar-refractivity contribution is -0.139. The number of carbonyl (C=O) groups excluding carboxylic acids is 1. The van der Waals surface area contributed by atoms with Gasteiger partial charge in [0, 0.05) is 0 Å². The van der Waals surface area contributed by atoms with Crippen LogP contribution in [0.5, 0.6) is 5.75 Å². The molecule has 0 aliphatic heterocycles. The Hall–Kier alpha value is -2.83. The summed E-state index contributed by atoms with van der Waals surface area (Å²) < 4.78 is 1.36. The van der Waals surface area contributed by atoms with E-state index in [2.05, 4.69) is 10.4 Å². The highest BCUT2D eigenvalue weighted by molar-refractivity contribution is 5.97. The Labute approximate surface area is 133 Å². The number of aliphatic carboxylic acids is 1. The van der Waals surface area contributed by atoms with Gasteiger partial charge in [0.15, 0.2) is 11.4 Å². The normalized spacial score (nSPS) is 12.1. The summed E-state index contributed by atoms with van der Waals surface area (Å²) in [4.78, 5) is 23.4. The van der Waals surface area contributed by atoms with Crippen molar-refractivity contribution in [3.63, 3.8) is 0 Å². The van der Waals surface area contributed by atoms with Crippen LogP contribution in [0.15, 0.2) is 36.5 Å². The fraction of sp³-hybridized carbons (Fsp3) is 0.312. The van der Waals surface area contributed by atoms with Gasteiger partial charge in [-0.2, -0.15) is 5.10 Å². The number of hydrogen-bond acceptors (Lipinski definition) is 4. The monoisotopic (exact) mass is 317 g/mol. The lowest BCUT2D eigenvalue weighted by Gasteiger charge is -2.15. The second-order valence-corrected chi connectivity index (χ2v) is 5.64. The van der Waals surface area contributed by atoms with Crippen molar-refractivity contribution in [3.8, 4) is 11.4 Å². The van der Waals surface area contributed by atoms with Crippen LogP contribution < -0.4 is 5.32 Å². The maximum atomic E-state index is 12.2. The van der Waals surface area contributed by atoms with E-state index < -0.39 is 17.9 Å². The third-order valence-electron chi connectivity index (χ3n) is 3.24. The smallest absolute Gasteiger partial charge is 0.326 e. The summed E-state index contributed by atoms with van der Waals surface area (Å²) in [6.45, 7) is 3.73. The van der Waals surface area contributed by atoms with Crippen molar-refractivity contribution in [2.24, 2.45) is 5.92 Å². The molecular weight excluding hydrogens is 298 g/mol. The predicted molar refractivity (Wildman–Crippen MR) is 83.6 cm³/mol. The number of amides is 1.